The molecule has 0 amide bonds. The highest BCUT2D eigenvalue weighted by Crippen LogP contribution is 2.37. The van der Waals surface area contributed by atoms with Crippen molar-refractivity contribution in [2.24, 2.45) is 0 Å². The lowest BCUT2D eigenvalue weighted by molar-refractivity contribution is 0.229. The predicted molar refractivity (Wildman–Crippen MR) is 80.8 cm³/mol. The number of sulfone groups is 1. The number of nitrogens with one attached hydrogen (secondary N) is 1. The lowest BCUT2D eigenvalue weighted by Gasteiger charge is -2.28. The molecule has 0 aliphatic carbocycles. The van der Waals surface area contributed by atoms with Crippen LogP contribution in [0.3, 0.4) is 0 Å². The number of benzene rings is 1. The third-order valence-corrected chi connectivity index (χ3v) is 4.69. The summed E-state index contributed by atoms with van der Waals surface area (Å²) in [6, 6.07) is 3.40. The Morgan fingerprint density at radius 2 is 1.76 bits per heavy atom. The monoisotopic (exact) mass is 314 g/mol. The lowest BCUT2D eigenvalue weighted by Crippen LogP contribution is -2.42. The molecule has 0 bridgehead atoms. The van der Waals surface area contributed by atoms with Crippen LogP contribution in [0.25, 0.3) is 0 Å². The van der Waals surface area contributed by atoms with Crippen LogP contribution in [0, 0.1) is 0 Å². The van der Waals surface area contributed by atoms with Crippen molar-refractivity contribution in [3.63, 3.8) is 0 Å². The summed E-state index contributed by atoms with van der Waals surface area (Å²) in [7, 11) is -0.364. The van der Waals surface area contributed by atoms with Gasteiger partial charge in [-0.25, -0.2) is 8.42 Å². The fourth-order valence-corrected chi connectivity index (χ4v) is 3.36. The number of rotatable bonds is 5. The van der Waals surface area contributed by atoms with E-state index < -0.39 is 9.84 Å². The van der Waals surface area contributed by atoms with E-state index in [-0.39, 0.29) is 10.6 Å². The van der Waals surface area contributed by atoms with Crippen LogP contribution in [0.4, 0.5) is 0 Å². The summed E-state index contributed by atoms with van der Waals surface area (Å²) in [5.41, 5.74) is 0.934. The Morgan fingerprint density at radius 1 is 1.14 bits per heavy atom. The predicted octanol–water partition coefficient (Wildman–Crippen LogP) is 0.513. The van der Waals surface area contributed by atoms with Crippen LogP contribution >= 0.6 is 0 Å². The van der Waals surface area contributed by atoms with Crippen LogP contribution in [-0.4, -0.2) is 60.0 Å². The Balaban J connectivity index is 2.38. The molecule has 118 valence electrons. The highest BCUT2D eigenvalue weighted by molar-refractivity contribution is 7.90. The van der Waals surface area contributed by atoms with Crippen LogP contribution < -0.4 is 14.8 Å². The summed E-state index contributed by atoms with van der Waals surface area (Å²) in [6.45, 7) is 4.55. The van der Waals surface area contributed by atoms with Gasteiger partial charge in [0.15, 0.2) is 21.3 Å². The van der Waals surface area contributed by atoms with Crippen molar-refractivity contribution in [2.45, 2.75) is 11.4 Å². The van der Waals surface area contributed by atoms with Gasteiger partial charge in [-0.1, -0.05) is 6.07 Å². The zero-order valence-electron chi connectivity index (χ0n) is 12.7. The Labute approximate surface area is 126 Å². The number of hydrogen-bond acceptors (Lipinski definition) is 6. The maximum absolute atomic E-state index is 11.8. The number of nitrogens with zero attached hydrogens (tertiary/aromatic N) is 1. The average Bonchev–Trinajstić information content (AvgIpc) is 2.46. The Kier molecular flexibility index (Phi) is 5.08. The van der Waals surface area contributed by atoms with E-state index in [4.69, 9.17) is 9.47 Å². The first kappa shape index (κ1) is 16.1. The van der Waals surface area contributed by atoms with Crippen molar-refractivity contribution in [1.29, 1.82) is 0 Å². The summed E-state index contributed by atoms with van der Waals surface area (Å²) >= 11 is 0. The van der Waals surface area contributed by atoms with E-state index in [9.17, 15) is 8.42 Å². The van der Waals surface area contributed by atoms with Gasteiger partial charge in [0.2, 0.25) is 0 Å². The fraction of sp³-hybridized carbons (Fsp3) is 0.571. The van der Waals surface area contributed by atoms with Gasteiger partial charge in [0, 0.05) is 44.5 Å². The zero-order chi connectivity index (χ0) is 15.5. The van der Waals surface area contributed by atoms with Gasteiger partial charge in [-0.2, -0.15) is 0 Å². The second-order valence-electron chi connectivity index (χ2n) is 5.09. The number of ether oxygens (including phenoxy) is 2. The molecule has 6 nitrogen and oxygen atoms in total. The van der Waals surface area contributed by atoms with Crippen molar-refractivity contribution in [1.82, 2.24) is 10.2 Å². The summed E-state index contributed by atoms with van der Waals surface area (Å²) < 4.78 is 34.4. The number of methoxy groups -OCH3 is 2. The third kappa shape index (κ3) is 3.66. The van der Waals surface area contributed by atoms with Crippen molar-refractivity contribution < 1.29 is 17.9 Å². The van der Waals surface area contributed by atoms with Crippen LogP contribution in [0.2, 0.25) is 0 Å². The second kappa shape index (κ2) is 6.64. The maximum Gasteiger partial charge on any atom is 0.179 e. The Morgan fingerprint density at radius 3 is 2.29 bits per heavy atom. The molecule has 1 N–H and O–H groups in total. The first-order valence-corrected chi connectivity index (χ1v) is 8.73. The molecule has 0 radical (unpaired) electrons. The van der Waals surface area contributed by atoms with E-state index in [2.05, 4.69) is 10.2 Å². The topological polar surface area (TPSA) is 67.9 Å². The first-order valence-electron chi connectivity index (χ1n) is 6.84. The number of hydrogen-bond donors (Lipinski definition) is 1. The molecule has 1 saturated heterocycles. The summed E-state index contributed by atoms with van der Waals surface area (Å²) in [5, 5.41) is 3.30. The molecule has 1 aliphatic heterocycles. The van der Waals surface area contributed by atoms with E-state index in [0.29, 0.717) is 12.3 Å². The van der Waals surface area contributed by atoms with Gasteiger partial charge < -0.3 is 14.8 Å². The SMILES string of the molecule is COc1c(CN2CCNCC2)ccc(S(C)(=O)=O)c1OC. The van der Waals surface area contributed by atoms with E-state index in [1.807, 2.05) is 0 Å². The molecular formula is C14H22N2O4S. The van der Waals surface area contributed by atoms with Crippen LogP contribution in [-0.2, 0) is 16.4 Å². The molecule has 1 aromatic carbocycles. The van der Waals surface area contributed by atoms with E-state index >= 15 is 0 Å². The number of piperazine rings is 1. The third-order valence-electron chi connectivity index (χ3n) is 3.57. The van der Waals surface area contributed by atoms with E-state index in [1.165, 1.54) is 20.5 Å². The molecule has 0 saturated carbocycles. The molecule has 7 heteroatoms. The molecule has 1 fully saturated rings. The molecule has 2 rings (SSSR count). The highest BCUT2D eigenvalue weighted by Gasteiger charge is 2.22. The molecule has 1 heterocycles. The molecule has 0 atom stereocenters. The quantitative estimate of drug-likeness (QED) is 0.854. The van der Waals surface area contributed by atoms with Gasteiger partial charge in [-0.05, 0) is 6.07 Å². The molecule has 1 aliphatic rings. The van der Waals surface area contributed by atoms with Crippen LogP contribution in [0.15, 0.2) is 17.0 Å². The summed E-state index contributed by atoms with van der Waals surface area (Å²) in [6.07, 6.45) is 1.17. The molecule has 0 aromatic heterocycles. The Hall–Kier alpha value is -1.31. The van der Waals surface area contributed by atoms with Crippen molar-refractivity contribution >= 4 is 9.84 Å². The van der Waals surface area contributed by atoms with Crippen molar-refractivity contribution in [3.05, 3.63) is 17.7 Å². The normalized spacial score (nSPS) is 16.7. The molecular weight excluding hydrogens is 292 g/mol. The average molecular weight is 314 g/mol. The lowest BCUT2D eigenvalue weighted by atomic mass is 10.1. The standard InChI is InChI=1S/C14H22N2O4S/c1-19-13-11(10-16-8-6-15-7-9-16)4-5-12(14(13)20-2)21(3,17)18/h4-5,15H,6-10H2,1-3H3. The van der Waals surface area contributed by atoms with Crippen molar-refractivity contribution in [2.75, 3.05) is 46.7 Å². The largest absolute Gasteiger partial charge is 0.492 e. The van der Waals surface area contributed by atoms with Gasteiger partial charge in [-0.15, -0.1) is 0 Å². The van der Waals surface area contributed by atoms with Gasteiger partial charge >= 0.3 is 0 Å². The van der Waals surface area contributed by atoms with E-state index in [1.54, 1.807) is 12.1 Å². The Bertz CT molecular complexity index is 595. The van der Waals surface area contributed by atoms with Crippen LogP contribution in [0.1, 0.15) is 5.56 Å². The molecule has 0 spiro atoms. The summed E-state index contributed by atoms with van der Waals surface area (Å²) in [4.78, 5) is 2.46. The smallest absolute Gasteiger partial charge is 0.179 e. The van der Waals surface area contributed by atoms with Gasteiger partial charge in [-0.3, -0.25) is 4.90 Å². The van der Waals surface area contributed by atoms with Crippen molar-refractivity contribution in [3.8, 4) is 11.5 Å². The summed E-state index contributed by atoms with van der Waals surface area (Å²) in [5.74, 6) is 0.784. The van der Waals surface area contributed by atoms with Gasteiger partial charge in [0.25, 0.3) is 0 Å². The molecule has 21 heavy (non-hydrogen) atoms. The zero-order valence-corrected chi connectivity index (χ0v) is 13.5. The minimum atomic E-state index is -3.36. The molecule has 0 unspecified atom stereocenters. The maximum atomic E-state index is 11.8. The minimum Gasteiger partial charge on any atom is -0.492 e. The fourth-order valence-electron chi connectivity index (χ4n) is 2.53. The van der Waals surface area contributed by atoms with Crippen LogP contribution in [0.5, 0.6) is 11.5 Å². The highest BCUT2D eigenvalue weighted by atomic mass is 32.2. The van der Waals surface area contributed by atoms with E-state index in [0.717, 1.165) is 31.7 Å². The van der Waals surface area contributed by atoms with Gasteiger partial charge in [0.1, 0.15) is 4.90 Å². The minimum absolute atomic E-state index is 0.158. The second-order valence-corrected chi connectivity index (χ2v) is 7.07. The van der Waals surface area contributed by atoms with Gasteiger partial charge in [0.05, 0.1) is 14.2 Å². The first-order chi connectivity index (χ1) is 9.97. The molecule has 1 aromatic rings.